The maximum absolute atomic E-state index is 12.9. The lowest BCUT2D eigenvalue weighted by atomic mass is 9.76. The molecule has 27 heavy (non-hydrogen) atoms. The molecule has 2 aliphatic heterocycles. The molecule has 0 aromatic heterocycles. The normalized spacial score (nSPS) is 24.0. The van der Waals surface area contributed by atoms with Gasteiger partial charge in [0.2, 0.25) is 0 Å². The predicted octanol–water partition coefficient (Wildman–Crippen LogP) is 3.43. The van der Waals surface area contributed by atoms with Gasteiger partial charge in [-0.2, -0.15) is 0 Å². The molecule has 142 valence electrons. The number of para-hydroxylation sites is 1. The summed E-state index contributed by atoms with van der Waals surface area (Å²) in [5, 5.41) is 0. The lowest BCUT2D eigenvalue weighted by molar-refractivity contribution is -0.167. The maximum atomic E-state index is 12.9. The van der Waals surface area contributed by atoms with E-state index in [0.717, 1.165) is 11.1 Å². The summed E-state index contributed by atoms with van der Waals surface area (Å²) in [6.45, 7) is 0.537. The Morgan fingerprint density at radius 3 is 2.41 bits per heavy atom. The van der Waals surface area contributed by atoms with Gasteiger partial charge in [-0.25, -0.2) is 0 Å². The van der Waals surface area contributed by atoms with E-state index < -0.39 is 13.7 Å². The number of β-lactam (4-membered cyclic amide) rings is 1. The van der Waals surface area contributed by atoms with Crippen LogP contribution in [0.3, 0.4) is 0 Å². The standard InChI is InChI=1S/C20H22NO5P/c1-24-27(23,25-2)13-17-16-11-7-6-8-14(16)12-21-18(17)19(20(21)22)26-15-9-4-3-5-10-15/h3-11,17-19H,12-13H2,1-2H3/t17-,18-,19+/m1/s1. The molecule has 2 aromatic rings. The second kappa shape index (κ2) is 7.12. The van der Waals surface area contributed by atoms with Crippen LogP contribution in [0.25, 0.3) is 0 Å². The van der Waals surface area contributed by atoms with Crippen molar-refractivity contribution in [3.05, 3.63) is 65.7 Å². The first-order chi connectivity index (χ1) is 13.1. The third-order valence-corrected chi connectivity index (χ3v) is 7.34. The summed E-state index contributed by atoms with van der Waals surface area (Å²) in [5.41, 5.74) is 2.13. The van der Waals surface area contributed by atoms with E-state index in [9.17, 15) is 9.36 Å². The van der Waals surface area contributed by atoms with Gasteiger partial charge < -0.3 is 18.7 Å². The van der Waals surface area contributed by atoms with Crippen molar-refractivity contribution >= 4 is 13.5 Å². The first-order valence-electron chi connectivity index (χ1n) is 8.87. The molecule has 7 heteroatoms. The summed E-state index contributed by atoms with van der Waals surface area (Å²) in [6.07, 6.45) is -0.409. The minimum atomic E-state index is -3.26. The SMILES string of the molecule is COP(=O)(C[C@@H]1c2ccccc2CN2C(=O)[C@@H](Oc3ccccc3)[C@@H]12)OC. The molecule has 0 saturated carbocycles. The summed E-state index contributed by atoms with van der Waals surface area (Å²) < 4.78 is 29.2. The van der Waals surface area contributed by atoms with E-state index in [1.807, 2.05) is 54.6 Å². The Kier molecular flexibility index (Phi) is 4.81. The lowest BCUT2D eigenvalue weighted by Crippen LogP contribution is -2.70. The number of carbonyl (C=O) groups excluding carboxylic acids is 1. The third-order valence-electron chi connectivity index (χ3n) is 5.39. The van der Waals surface area contributed by atoms with Gasteiger partial charge in [0.05, 0.1) is 12.2 Å². The van der Waals surface area contributed by atoms with Gasteiger partial charge in [0.15, 0.2) is 6.10 Å². The fourth-order valence-corrected chi connectivity index (χ4v) is 5.34. The quantitative estimate of drug-likeness (QED) is 0.561. The monoisotopic (exact) mass is 387 g/mol. The van der Waals surface area contributed by atoms with Crippen LogP contribution in [-0.2, 0) is 25.0 Å². The second-order valence-corrected chi connectivity index (χ2v) is 9.09. The van der Waals surface area contributed by atoms with Gasteiger partial charge >= 0.3 is 7.60 Å². The van der Waals surface area contributed by atoms with Gasteiger partial charge in [-0.15, -0.1) is 0 Å². The van der Waals surface area contributed by atoms with Gasteiger partial charge in [-0.05, 0) is 23.3 Å². The number of hydrogen-bond acceptors (Lipinski definition) is 5. The fourth-order valence-electron chi connectivity index (χ4n) is 3.99. The van der Waals surface area contributed by atoms with Gasteiger partial charge in [0, 0.05) is 26.7 Å². The number of nitrogens with zero attached hydrogens (tertiary/aromatic N) is 1. The number of benzene rings is 2. The summed E-state index contributed by atoms with van der Waals surface area (Å²) in [7, 11) is -0.478. The number of fused-ring (bicyclic) bond motifs is 2. The van der Waals surface area contributed by atoms with E-state index in [4.69, 9.17) is 13.8 Å². The first kappa shape index (κ1) is 18.2. The molecule has 2 aromatic carbocycles. The van der Waals surface area contributed by atoms with E-state index in [2.05, 4.69) is 0 Å². The summed E-state index contributed by atoms with van der Waals surface area (Å²) in [6, 6.07) is 17.0. The Labute approximate surface area is 158 Å². The fraction of sp³-hybridized carbons (Fsp3) is 0.350. The third kappa shape index (κ3) is 3.18. The highest BCUT2D eigenvalue weighted by molar-refractivity contribution is 7.53. The van der Waals surface area contributed by atoms with Gasteiger partial charge in [-0.1, -0.05) is 42.5 Å². The van der Waals surface area contributed by atoms with Gasteiger partial charge in [0.1, 0.15) is 5.75 Å². The molecule has 1 saturated heterocycles. The van der Waals surface area contributed by atoms with Crippen molar-refractivity contribution < 1.29 is 23.1 Å². The van der Waals surface area contributed by atoms with E-state index >= 15 is 0 Å². The van der Waals surface area contributed by atoms with Crippen LogP contribution in [-0.4, -0.2) is 43.3 Å². The van der Waals surface area contributed by atoms with Crippen LogP contribution in [0.4, 0.5) is 0 Å². The highest BCUT2D eigenvalue weighted by Gasteiger charge is 2.56. The van der Waals surface area contributed by atoms with Crippen molar-refractivity contribution in [1.29, 1.82) is 0 Å². The average Bonchev–Trinajstić information content (AvgIpc) is 2.72. The number of hydrogen-bond donors (Lipinski definition) is 0. The van der Waals surface area contributed by atoms with Crippen LogP contribution in [0.2, 0.25) is 0 Å². The first-order valence-corrected chi connectivity index (χ1v) is 10.6. The van der Waals surface area contributed by atoms with E-state index in [-0.39, 0.29) is 24.0 Å². The Balaban J connectivity index is 1.68. The van der Waals surface area contributed by atoms with Crippen LogP contribution < -0.4 is 4.74 Å². The molecular formula is C20H22NO5P. The van der Waals surface area contributed by atoms with Crippen LogP contribution in [0.5, 0.6) is 5.75 Å². The molecule has 0 bridgehead atoms. The lowest BCUT2D eigenvalue weighted by Gasteiger charge is -2.53. The molecule has 0 spiro atoms. The molecule has 4 rings (SSSR count). The highest BCUT2D eigenvalue weighted by Crippen LogP contribution is 2.54. The molecular weight excluding hydrogens is 365 g/mol. The molecule has 2 aliphatic rings. The molecule has 6 nitrogen and oxygen atoms in total. The number of carbonyl (C=O) groups is 1. The largest absolute Gasteiger partial charge is 0.478 e. The molecule has 0 N–H and O–H groups in total. The van der Waals surface area contributed by atoms with Crippen LogP contribution >= 0.6 is 7.60 Å². The molecule has 0 aliphatic carbocycles. The minimum Gasteiger partial charge on any atom is -0.478 e. The zero-order valence-electron chi connectivity index (χ0n) is 15.3. The van der Waals surface area contributed by atoms with E-state index in [0.29, 0.717) is 12.3 Å². The Morgan fingerprint density at radius 1 is 1.04 bits per heavy atom. The van der Waals surface area contributed by atoms with Crippen molar-refractivity contribution in [3.8, 4) is 5.75 Å². The van der Waals surface area contributed by atoms with E-state index in [1.54, 1.807) is 4.90 Å². The van der Waals surface area contributed by atoms with Crippen LogP contribution in [0, 0.1) is 0 Å². The number of rotatable bonds is 6. The van der Waals surface area contributed by atoms with Gasteiger partial charge in [0.25, 0.3) is 5.91 Å². The Hall–Kier alpha value is -2.14. The summed E-state index contributed by atoms with van der Waals surface area (Å²) >= 11 is 0. The maximum Gasteiger partial charge on any atom is 0.330 e. The topological polar surface area (TPSA) is 65.1 Å². The molecule has 0 radical (unpaired) electrons. The number of amides is 1. The zero-order chi connectivity index (χ0) is 19.0. The Morgan fingerprint density at radius 2 is 1.70 bits per heavy atom. The minimum absolute atomic E-state index is 0.0481. The zero-order valence-corrected chi connectivity index (χ0v) is 16.2. The van der Waals surface area contributed by atoms with Crippen LogP contribution in [0.1, 0.15) is 17.0 Å². The molecule has 3 atom stereocenters. The second-order valence-electron chi connectivity index (χ2n) is 6.77. The van der Waals surface area contributed by atoms with Crippen molar-refractivity contribution in [2.75, 3.05) is 20.4 Å². The molecule has 1 amide bonds. The van der Waals surface area contributed by atoms with Crippen molar-refractivity contribution in [2.45, 2.75) is 24.6 Å². The molecule has 0 unspecified atom stereocenters. The average molecular weight is 387 g/mol. The highest BCUT2D eigenvalue weighted by atomic mass is 31.2. The van der Waals surface area contributed by atoms with Crippen molar-refractivity contribution in [3.63, 3.8) is 0 Å². The van der Waals surface area contributed by atoms with Crippen LogP contribution in [0.15, 0.2) is 54.6 Å². The smallest absolute Gasteiger partial charge is 0.330 e. The van der Waals surface area contributed by atoms with E-state index in [1.165, 1.54) is 14.2 Å². The van der Waals surface area contributed by atoms with Crippen molar-refractivity contribution in [2.24, 2.45) is 0 Å². The predicted molar refractivity (Wildman–Crippen MR) is 101 cm³/mol. The Bertz CT molecular complexity index is 879. The number of ether oxygens (including phenoxy) is 1. The molecule has 2 heterocycles. The van der Waals surface area contributed by atoms with Crippen molar-refractivity contribution in [1.82, 2.24) is 4.90 Å². The summed E-state index contributed by atoms with van der Waals surface area (Å²) in [5.74, 6) is 0.412. The molecule has 1 fully saturated rings. The summed E-state index contributed by atoms with van der Waals surface area (Å²) in [4.78, 5) is 14.5. The van der Waals surface area contributed by atoms with Gasteiger partial charge in [-0.3, -0.25) is 9.36 Å².